The van der Waals surface area contributed by atoms with Crippen LogP contribution < -0.4 is 5.32 Å². The lowest BCUT2D eigenvalue weighted by Crippen LogP contribution is -2.51. The molecule has 150 valence electrons. The van der Waals surface area contributed by atoms with Crippen molar-refractivity contribution >= 4 is 29.7 Å². The van der Waals surface area contributed by atoms with Crippen molar-refractivity contribution < 1.29 is 14.8 Å². The minimum atomic E-state index is -0.471. The van der Waals surface area contributed by atoms with Gasteiger partial charge in [-0.05, 0) is 49.1 Å². The van der Waals surface area contributed by atoms with Gasteiger partial charge in [0.1, 0.15) is 11.8 Å². The predicted octanol–water partition coefficient (Wildman–Crippen LogP) is 2.23. The Hall–Kier alpha value is -1.86. The Bertz CT molecular complexity index is 769. The van der Waals surface area contributed by atoms with Crippen molar-refractivity contribution in [2.24, 2.45) is 11.1 Å². The van der Waals surface area contributed by atoms with Gasteiger partial charge in [-0.3, -0.25) is 14.9 Å². The number of carbonyl (C=O) groups excluding carboxylic acids is 2. The van der Waals surface area contributed by atoms with Gasteiger partial charge in [-0.1, -0.05) is 29.4 Å². The normalized spacial score (nSPS) is 29.9. The zero-order valence-corrected chi connectivity index (χ0v) is 16.7. The molecule has 1 aromatic carbocycles. The first kappa shape index (κ1) is 19.5. The van der Waals surface area contributed by atoms with E-state index in [4.69, 9.17) is 5.21 Å². The van der Waals surface area contributed by atoms with Crippen molar-refractivity contribution in [1.82, 2.24) is 10.2 Å². The third-order valence-corrected chi connectivity index (χ3v) is 7.44. The molecule has 7 heteroatoms. The van der Waals surface area contributed by atoms with E-state index in [1.54, 1.807) is 16.7 Å². The van der Waals surface area contributed by atoms with Crippen molar-refractivity contribution in [3.8, 4) is 0 Å². The van der Waals surface area contributed by atoms with E-state index in [2.05, 4.69) is 34.7 Å². The van der Waals surface area contributed by atoms with Crippen LogP contribution in [0.15, 0.2) is 29.4 Å². The predicted molar refractivity (Wildman–Crippen MR) is 110 cm³/mol. The molecule has 1 unspecified atom stereocenters. The third kappa shape index (κ3) is 3.96. The summed E-state index contributed by atoms with van der Waals surface area (Å²) in [6.07, 6.45) is 6.67. The number of nitrogens with zero attached hydrogens (tertiary/aromatic N) is 2. The zero-order valence-electron chi connectivity index (χ0n) is 15.9. The maximum absolute atomic E-state index is 13.1. The second-order valence-corrected chi connectivity index (χ2v) is 9.10. The molecule has 0 bridgehead atoms. The van der Waals surface area contributed by atoms with Crippen LogP contribution in [0.5, 0.6) is 0 Å². The molecule has 28 heavy (non-hydrogen) atoms. The summed E-state index contributed by atoms with van der Waals surface area (Å²) in [7, 11) is 0. The van der Waals surface area contributed by atoms with Crippen LogP contribution in [0.2, 0.25) is 0 Å². The van der Waals surface area contributed by atoms with Gasteiger partial charge in [-0.15, -0.1) is 11.8 Å². The summed E-state index contributed by atoms with van der Waals surface area (Å²) in [5, 5.41) is 14.9. The number of fused-ring (bicyclic) bond motifs is 1. The zero-order chi connectivity index (χ0) is 19.5. The molecule has 1 aromatic rings. The topological polar surface area (TPSA) is 82.0 Å². The Balaban J connectivity index is 1.39. The molecule has 0 spiro atoms. The van der Waals surface area contributed by atoms with Crippen molar-refractivity contribution in [3.63, 3.8) is 0 Å². The van der Waals surface area contributed by atoms with Gasteiger partial charge in [0, 0.05) is 18.8 Å². The van der Waals surface area contributed by atoms with Gasteiger partial charge in [-0.25, -0.2) is 0 Å². The average Bonchev–Trinajstić information content (AvgIpc) is 3.37. The molecule has 1 aliphatic carbocycles. The highest BCUT2D eigenvalue weighted by Gasteiger charge is 2.42. The van der Waals surface area contributed by atoms with Gasteiger partial charge < -0.3 is 10.1 Å². The fraction of sp³-hybridized carbons (Fsp3) is 0.571. The quantitative estimate of drug-likeness (QED) is 0.449. The highest BCUT2D eigenvalue weighted by atomic mass is 32.2. The number of amides is 1. The number of hydrogen-bond acceptors (Lipinski definition) is 6. The van der Waals surface area contributed by atoms with Crippen LogP contribution in [-0.2, 0) is 22.4 Å². The summed E-state index contributed by atoms with van der Waals surface area (Å²) < 4.78 is 0. The molecule has 2 saturated heterocycles. The fourth-order valence-corrected chi connectivity index (χ4v) is 5.89. The number of likely N-dealkylation sites (tertiary alicyclic amines) is 1. The van der Waals surface area contributed by atoms with Crippen LogP contribution in [0.25, 0.3) is 0 Å². The number of thioether (sulfide) groups is 1. The van der Waals surface area contributed by atoms with Crippen LogP contribution >= 0.6 is 11.8 Å². The van der Waals surface area contributed by atoms with E-state index in [0.29, 0.717) is 24.8 Å². The van der Waals surface area contributed by atoms with E-state index in [-0.39, 0.29) is 23.0 Å². The van der Waals surface area contributed by atoms with Crippen LogP contribution in [0.1, 0.15) is 36.8 Å². The number of nitrogens with one attached hydrogen (secondary N) is 1. The molecular weight excluding hydrogens is 374 g/mol. The lowest BCUT2D eigenvalue weighted by molar-refractivity contribution is -0.135. The number of carbonyl (C=O) groups is 2. The number of oxime groups is 1. The highest BCUT2D eigenvalue weighted by Crippen LogP contribution is 2.32. The molecule has 0 aromatic heterocycles. The monoisotopic (exact) mass is 401 g/mol. The van der Waals surface area contributed by atoms with E-state index >= 15 is 0 Å². The number of benzene rings is 1. The van der Waals surface area contributed by atoms with E-state index in [0.717, 1.165) is 32.1 Å². The molecule has 2 aliphatic heterocycles. The Morgan fingerprint density at radius 3 is 2.93 bits per heavy atom. The summed E-state index contributed by atoms with van der Waals surface area (Å²) in [6.45, 7) is 0.651. The molecule has 0 saturated carbocycles. The van der Waals surface area contributed by atoms with Crippen LogP contribution in [0.3, 0.4) is 0 Å². The first-order chi connectivity index (χ1) is 13.7. The number of rotatable bonds is 5. The molecule has 0 radical (unpaired) electrons. The Kier molecular flexibility index (Phi) is 6.01. The van der Waals surface area contributed by atoms with Crippen molar-refractivity contribution in [3.05, 3.63) is 35.4 Å². The van der Waals surface area contributed by atoms with Crippen LogP contribution in [0.4, 0.5) is 0 Å². The molecular formula is C21H27N3O3S. The largest absolute Gasteiger partial charge is 0.411 e. The molecule has 3 aliphatic rings. The number of hydrogen-bond donors (Lipinski definition) is 2. The molecule has 4 atom stereocenters. The van der Waals surface area contributed by atoms with Gasteiger partial charge >= 0.3 is 0 Å². The number of aryl methyl sites for hydroxylation is 1. The van der Waals surface area contributed by atoms with Gasteiger partial charge in [-0.2, -0.15) is 0 Å². The van der Waals surface area contributed by atoms with E-state index in [1.165, 1.54) is 17.3 Å². The maximum Gasteiger partial charge on any atom is 0.241 e. The summed E-state index contributed by atoms with van der Waals surface area (Å²) in [5.74, 6) is 1.12. The first-order valence-electron chi connectivity index (χ1n) is 10.1. The Morgan fingerprint density at radius 1 is 1.29 bits per heavy atom. The summed E-state index contributed by atoms with van der Waals surface area (Å²) in [4.78, 5) is 27.9. The first-order valence-corrected chi connectivity index (χ1v) is 11.1. The SMILES string of the molecule is O=C(C[C@H]1CCc2ccccc2C1)C1SCN[C@@H]1C(=O)N1CCC[C@H]1C=NO. The second kappa shape index (κ2) is 8.66. The maximum atomic E-state index is 13.1. The average molecular weight is 402 g/mol. The Morgan fingerprint density at radius 2 is 2.11 bits per heavy atom. The summed E-state index contributed by atoms with van der Waals surface area (Å²) in [6, 6.07) is 7.85. The fourth-order valence-electron chi connectivity index (χ4n) is 4.75. The van der Waals surface area contributed by atoms with Gasteiger partial charge in [0.15, 0.2) is 0 Å². The second-order valence-electron chi connectivity index (χ2n) is 7.97. The Labute approximate surface area is 169 Å². The van der Waals surface area contributed by atoms with Crippen molar-refractivity contribution in [2.75, 3.05) is 12.4 Å². The summed E-state index contributed by atoms with van der Waals surface area (Å²) >= 11 is 1.54. The minimum Gasteiger partial charge on any atom is -0.411 e. The minimum absolute atomic E-state index is 0.0419. The van der Waals surface area contributed by atoms with E-state index in [1.807, 2.05) is 0 Å². The van der Waals surface area contributed by atoms with Crippen molar-refractivity contribution in [1.29, 1.82) is 0 Å². The summed E-state index contributed by atoms with van der Waals surface area (Å²) in [5.41, 5.74) is 2.77. The van der Waals surface area contributed by atoms with Gasteiger partial charge in [0.05, 0.1) is 17.5 Å². The standard InChI is InChI=1S/C21H27N3O3S/c25-18(11-14-7-8-15-4-1-2-5-16(15)10-14)20-19(22-13-28-20)21(26)24-9-3-6-17(24)12-23-27/h1-2,4-5,12,14,17,19-20,22,27H,3,6-11,13H2/t14-,17-,19-,20?/m0/s1. The molecule has 1 amide bonds. The van der Waals surface area contributed by atoms with E-state index in [9.17, 15) is 9.59 Å². The van der Waals surface area contributed by atoms with Crippen molar-refractivity contribution in [2.45, 2.75) is 55.9 Å². The third-order valence-electron chi connectivity index (χ3n) is 6.21. The highest BCUT2D eigenvalue weighted by molar-refractivity contribution is 8.00. The number of ketones is 1. The van der Waals surface area contributed by atoms with Crippen LogP contribution in [0, 0.1) is 5.92 Å². The lowest BCUT2D eigenvalue weighted by atomic mass is 9.81. The van der Waals surface area contributed by atoms with Gasteiger partial charge in [0.25, 0.3) is 0 Å². The molecule has 6 nitrogen and oxygen atoms in total. The van der Waals surface area contributed by atoms with Crippen LogP contribution in [-0.4, -0.2) is 57.8 Å². The number of Topliss-reactive ketones (excluding diaryl/α,β-unsaturated/α-hetero) is 1. The molecule has 2 heterocycles. The molecule has 2 fully saturated rings. The smallest absolute Gasteiger partial charge is 0.241 e. The van der Waals surface area contributed by atoms with E-state index < -0.39 is 6.04 Å². The lowest BCUT2D eigenvalue weighted by Gasteiger charge is -2.28. The molecule has 4 rings (SSSR count). The molecule has 2 N–H and O–H groups in total. The van der Waals surface area contributed by atoms with Gasteiger partial charge in [0.2, 0.25) is 5.91 Å².